The van der Waals surface area contributed by atoms with Crippen LogP contribution in [0.15, 0.2) is 27.7 Å². The van der Waals surface area contributed by atoms with Crippen molar-refractivity contribution in [3.63, 3.8) is 0 Å². The highest BCUT2D eigenvalue weighted by atomic mass is 31.2. The average molecular weight is 396 g/mol. The Morgan fingerprint density at radius 1 is 1.36 bits per heavy atom. The minimum absolute atomic E-state index is 0.0417. The van der Waals surface area contributed by atoms with Gasteiger partial charge in [0.2, 0.25) is 0 Å². The van der Waals surface area contributed by atoms with E-state index < -0.39 is 44.9 Å². The Kier molecular flexibility index (Phi) is 5.70. The molecule has 2 rings (SSSR count). The molecule has 0 spiro atoms. The SMILES string of the molecule is Cc1cn(C2CC(OP(C)(=O)O)C(/C=C/P(=O)(O)O)O2)c(=O)[nH]c1=O. The molecule has 1 saturated heterocycles. The summed E-state index contributed by atoms with van der Waals surface area (Å²) in [5.74, 6) is 0.593. The summed E-state index contributed by atoms with van der Waals surface area (Å²) in [6, 6.07) is 0. The second-order valence-corrected chi connectivity index (χ2v) is 8.94. The van der Waals surface area contributed by atoms with Crippen molar-refractivity contribution in [2.45, 2.75) is 31.8 Å². The number of hydrogen-bond acceptors (Lipinski definition) is 6. The van der Waals surface area contributed by atoms with Crippen molar-refractivity contribution in [3.8, 4) is 0 Å². The Labute approximate surface area is 141 Å². The van der Waals surface area contributed by atoms with Gasteiger partial charge in [0.25, 0.3) is 5.56 Å². The molecule has 0 radical (unpaired) electrons. The number of H-pyrrole nitrogens is 1. The van der Waals surface area contributed by atoms with Gasteiger partial charge in [0.15, 0.2) is 0 Å². The third kappa shape index (κ3) is 5.58. The minimum Gasteiger partial charge on any atom is -0.348 e. The van der Waals surface area contributed by atoms with Crippen molar-refractivity contribution in [1.29, 1.82) is 0 Å². The predicted octanol–water partition coefficient (Wildman–Crippen LogP) is 0.0243. The third-order valence-electron chi connectivity index (χ3n) is 3.37. The highest BCUT2D eigenvalue weighted by Gasteiger charge is 2.39. The minimum atomic E-state index is -4.48. The summed E-state index contributed by atoms with van der Waals surface area (Å²) >= 11 is 0. The second kappa shape index (κ2) is 7.13. The van der Waals surface area contributed by atoms with Gasteiger partial charge in [-0.2, -0.15) is 0 Å². The van der Waals surface area contributed by atoms with Gasteiger partial charge in [-0.15, -0.1) is 0 Å². The average Bonchev–Trinajstić information content (AvgIpc) is 2.80. The summed E-state index contributed by atoms with van der Waals surface area (Å²) in [5, 5.41) is 0. The molecule has 1 aliphatic rings. The lowest BCUT2D eigenvalue weighted by molar-refractivity contribution is 0.00691. The van der Waals surface area contributed by atoms with Crippen LogP contribution < -0.4 is 11.2 Å². The molecule has 0 aliphatic carbocycles. The lowest BCUT2D eigenvalue weighted by Crippen LogP contribution is -2.33. The molecule has 2 heterocycles. The monoisotopic (exact) mass is 396 g/mol. The van der Waals surface area contributed by atoms with E-state index in [0.29, 0.717) is 5.82 Å². The number of nitrogens with one attached hydrogen (secondary N) is 1. The van der Waals surface area contributed by atoms with Gasteiger partial charge in [0.1, 0.15) is 18.4 Å². The molecule has 4 atom stereocenters. The van der Waals surface area contributed by atoms with Gasteiger partial charge in [-0.25, -0.2) is 4.79 Å². The van der Waals surface area contributed by atoms with Crippen molar-refractivity contribution in [2.24, 2.45) is 0 Å². The first-order valence-electron chi connectivity index (χ1n) is 7.06. The molecule has 13 heteroatoms. The molecule has 4 N–H and O–H groups in total. The van der Waals surface area contributed by atoms with Crippen molar-refractivity contribution in [1.82, 2.24) is 9.55 Å². The van der Waals surface area contributed by atoms with E-state index in [4.69, 9.17) is 19.0 Å². The molecule has 25 heavy (non-hydrogen) atoms. The maximum atomic E-state index is 11.9. The quantitative estimate of drug-likeness (QED) is 0.502. The smallest absolute Gasteiger partial charge is 0.348 e. The van der Waals surface area contributed by atoms with Crippen LogP contribution in [0.1, 0.15) is 18.2 Å². The molecule has 1 fully saturated rings. The van der Waals surface area contributed by atoms with Crippen molar-refractivity contribution in [2.75, 3.05) is 6.66 Å². The molecule has 4 unspecified atom stereocenters. The molecule has 0 aromatic carbocycles. The number of ether oxygens (including phenoxy) is 1. The summed E-state index contributed by atoms with van der Waals surface area (Å²) in [4.78, 5) is 52.7. The van der Waals surface area contributed by atoms with Crippen LogP contribution in [0, 0.1) is 6.92 Å². The summed E-state index contributed by atoms with van der Waals surface area (Å²) < 4.78 is 34.1. The van der Waals surface area contributed by atoms with Gasteiger partial charge < -0.3 is 23.9 Å². The van der Waals surface area contributed by atoms with E-state index in [1.54, 1.807) is 0 Å². The van der Waals surface area contributed by atoms with Crippen LogP contribution in [0.2, 0.25) is 0 Å². The first-order valence-corrected chi connectivity index (χ1v) is 10.8. The summed E-state index contributed by atoms with van der Waals surface area (Å²) in [6.45, 7) is 2.44. The Balaban J connectivity index is 2.34. The van der Waals surface area contributed by atoms with Crippen molar-refractivity contribution >= 4 is 15.2 Å². The number of aromatic amines is 1. The summed E-state index contributed by atoms with van der Waals surface area (Å²) in [5.41, 5.74) is -1.06. The molecule has 0 amide bonds. The van der Waals surface area contributed by atoms with E-state index >= 15 is 0 Å². The summed E-state index contributed by atoms with van der Waals surface area (Å²) in [7, 11) is -8.39. The fraction of sp³-hybridized carbons (Fsp3) is 0.500. The zero-order chi connectivity index (χ0) is 19.0. The number of aromatic nitrogens is 2. The Bertz CT molecular complexity index is 877. The standard InChI is InChI=1S/C12H18N2O9P2/c1-7-6-14(12(16)13-11(7)15)10-5-9(23-24(2,17)18)8(22-10)3-4-25(19,20)21/h3-4,6,8-10H,5H2,1-2H3,(H,17,18)(H,13,15,16)(H2,19,20,21)/b4-3+. The van der Waals surface area contributed by atoms with E-state index in [0.717, 1.165) is 17.3 Å². The first kappa shape index (κ1) is 20.0. The zero-order valence-electron chi connectivity index (χ0n) is 13.3. The number of aryl methyl sites for hydroxylation is 1. The fourth-order valence-electron chi connectivity index (χ4n) is 2.36. The van der Waals surface area contributed by atoms with E-state index in [2.05, 4.69) is 4.98 Å². The molecule has 0 saturated carbocycles. The maximum Gasteiger partial charge on any atom is 0.348 e. The van der Waals surface area contributed by atoms with Crippen LogP contribution >= 0.6 is 15.2 Å². The Hall–Kier alpha value is -1.32. The Morgan fingerprint density at radius 3 is 2.56 bits per heavy atom. The van der Waals surface area contributed by atoms with Crippen LogP contribution in [0.25, 0.3) is 0 Å². The molecule has 140 valence electrons. The van der Waals surface area contributed by atoms with E-state index in [1.165, 1.54) is 13.1 Å². The van der Waals surface area contributed by atoms with Gasteiger partial charge in [-0.1, -0.05) is 0 Å². The number of hydrogen-bond donors (Lipinski definition) is 4. The normalized spacial score (nSPS) is 26.8. The molecule has 1 aromatic heterocycles. The fourth-order valence-corrected chi connectivity index (χ4v) is 3.46. The molecule has 0 bridgehead atoms. The van der Waals surface area contributed by atoms with Gasteiger partial charge in [-0.05, 0) is 13.0 Å². The third-order valence-corrected chi connectivity index (χ3v) is 4.59. The highest BCUT2D eigenvalue weighted by molar-refractivity contribution is 7.55. The van der Waals surface area contributed by atoms with Crippen LogP contribution in [-0.4, -0.2) is 43.1 Å². The van der Waals surface area contributed by atoms with Gasteiger partial charge >= 0.3 is 20.9 Å². The molecule has 11 nitrogen and oxygen atoms in total. The van der Waals surface area contributed by atoms with Gasteiger partial charge in [0.05, 0.1) is 0 Å². The maximum absolute atomic E-state index is 11.9. The van der Waals surface area contributed by atoms with Crippen molar-refractivity contribution < 1.29 is 33.1 Å². The van der Waals surface area contributed by atoms with Gasteiger partial charge in [0, 0.05) is 30.7 Å². The van der Waals surface area contributed by atoms with Crippen molar-refractivity contribution in [3.05, 3.63) is 44.5 Å². The zero-order valence-corrected chi connectivity index (χ0v) is 15.1. The lowest BCUT2D eigenvalue weighted by Gasteiger charge is -2.17. The van der Waals surface area contributed by atoms with Crippen LogP contribution in [0.5, 0.6) is 0 Å². The molecule has 1 aliphatic heterocycles. The Morgan fingerprint density at radius 2 is 2.00 bits per heavy atom. The van der Waals surface area contributed by atoms with E-state index in [9.17, 15) is 23.6 Å². The first-order chi connectivity index (χ1) is 11.4. The van der Waals surface area contributed by atoms with Crippen LogP contribution in [0.3, 0.4) is 0 Å². The second-order valence-electron chi connectivity index (χ2n) is 5.65. The van der Waals surface area contributed by atoms with Crippen LogP contribution in [0.4, 0.5) is 0 Å². The number of rotatable bonds is 5. The van der Waals surface area contributed by atoms with E-state index in [1.807, 2.05) is 0 Å². The predicted molar refractivity (Wildman–Crippen MR) is 86.4 cm³/mol. The molecular formula is C12H18N2O9P2. The topological polar surface area (TPSA) is 168 Å². The van der Waals surface area contributed by atoms with Crippen LogP contribution in [-0.2, 0) is 18.4 Å². The van der Waals surface area contributed by atoms with Gasteiger partial charge in [-0.3, -0.25) is 23.5 Å². The summed E-state index contributed by atoms with van der Waals surface area (Å²) in [6.07, 6.45) is -0.802. The molecular weight excluding hydrogens is 378 g/mol. The highest BCUT2D eigenvalue weighted by Crippen LogP contribution is 2.45. The lowest BCUT2D eigenvalue weighted by atomic mass is 10.2. The van der Waals surface area contributed by atoms with E-state index in [-0.39, 0.29) is 12.0 Å². The molecule has 1 aromatic rings. The largest absolute Gasteiger partial charge is 0.348 e. The number of nitrogens with zero attached hydrogens (tertiary/aromatic N) is 1.